The molecular weight excluding hydrogens is 280 g/mol. The van der Waals surface area contributed by atoms with Crippen LogP contribution in [0.15, 0.2) is 24.3 Å². The van der Waals surface area contributed by atoms with Gasteiger partial charge in [0.15, 0.2) is 0 Å². The lowest BCUT2D eigenvalue weighted by Gasteiger charge is -2.14. The van der Waals surface area contributed by atoms with E-state index in [2.05, 4.69) is 10.6 Å². The zero-order valence-corrected chi connectivity index (χ0v) is 12.1. The Morgan fingerprint density at radius 3 is 2.65 bits per heavy atom. The van der Waals surface area contributed by atoms with Crippen LogP contribution in [0.1, 0.15) is 18.4 Å². The molecule has 0 saturated carbocycles. The van der Waals surface area contributed by atoms with Crippen LogP contribution in [0.5, 0.6) is 0 Å². The molecule has 1 rings (SSSR count). The molecule has 0 heterocycles. The van der Waals surface area contributed by atoms with Gasteiger partial charge >= 0.3 is 5.97 Å². The van der Waals surface area contributed by atoms with E-state index in [-0.39, 0.29) is 18.7 Å². The summed E-state index contributed by atoms with van der Waals surface area (Å²) in [5.74, 6) is -1.11. The normalized spacial score (nSPS) is 11.9. The first kappa shape index (κ1) is 16.5. The van der Waals surface area contributed by atoms with Crippen LogP contribution in [0.25, 0.3) is 0 Å². The van der Waals surface area contributed by atoms with Crippen molar-refractivity contribution in [1.29, 1.82) is 0 Å². The number of hydrogen-bond acceptors (Lipinski definition) is 3. The molecule has 1 atom stereocenters. The van der Waals surface area contributed by atoms with Gasteiger partial charge in [0, 0.05) is 25.0 Å². The highest BCUT2D eigenvalue weighted by molar-refractivity contribution is 6.31. The van der Waals surface area contributed by atoms with E-state index in [0.29, 0.717) is 18.0 Å². The van der Waals surface area contributed by atoms with Crippen LogP contribution < -0.4 is 10.6 Å². The summed E-state index contributed by atoms with van der Waals surface area (Å²) in [6, 6.07) is 6.72. The van der Waals surface area contributed by atoms with Gasteiger partial charge in [-0.3, -0.25) is 9.59 Å². The van der Waals surface area contributed by atoms with Crippen LogP contribution in [0.2, 0.25) is 5.02 Å². The maximum atomic E-state index is 11.1. The number of carbonyl (C=O) groups excluding carboxylic acids is 1. The Morgan fingerprint density at radius 1 is 1.35 bits per heavy atom. The van der Waals surface area contributed by atoms with Gasteiger partial charge in [0.05, 0.1) is 0 Å². The number of carboxylic acid groups (broad SMARTS) is 1. The molecule has 0 aromatic heterocycles. The van der Waals surface area contributed by atoms with Crippen LogP contribution in [0.3, 0.4) is 0 Å². The number of benzene rings is 1. The topological polar surface area (TPSA) is 78.4 Å². The third-order valence-electron chi connectivity index (χ3n) is 2.98. The summed E-state index contributed by atoms with van der Waals surface area (Å²) in [5, 5.41) is 15.2. The number of hydrogen-bond donors (Lipinski definition) is 3. The Balaban J connectivity index is 2.41. The highest BCUT2D eigenvalue weighted by Crippen LogP contribution is 2.14. The number of carbonyl (C=O) groups is 2. The zero-order valence-electron chi connectivity index (χ0n) is 11.4. The molecule has 0 bridgehead atoms. The van der Waals surface area contributed by atoms with Gasteiger partial charge in [0.2, 0.25) is 5.91 Å². The third-order valence-corrected chi connectivity index (χ3v) is 3.35. The number of carboxylic acids is 1. The van der Waals surface area contributed by atoms with Gasteiger partial charge in [-0.25, -0.2) is 0 Å². The molecule has 0 aliphatic carbocycles. The molecular formula is C14H19ClN2O3. The first-order valence-corrected chi connectivity index (χ1v) is 6.82. The average Bonchev–Trinajstić information content (AvgIpc) is 2.43. The lowest BCUT2D eigenvalue weighted by molar-refractivity contribution is -0.139. The fourth-order valence-electron chi connectivity index (χ4n) is 1.80. The van der Waals surface area contributed by atoms with Gasteiger partial charge in [0.1, 0.15) is 6.04 Å². The molecule has 0 aliphatic rings. The van der Waals surface area contributed by atoms with Crippen molar-refractivity contribution in [3.05, 3.63) is 34.9 Å². The highest BCUT2D eigenvalue weighted by Gasteiger charge is 2.17. The van der Waals surface area contributed by atoms with Crippen LogP contribution in [0, 0.1) is 0 Å². The van der Waals surface area contributed by atoms with Crippen LogP contribution in [0.4, 0.5) is 0 Å². The van der Waals surface area contributed by atoms with Gasteiger partial charge < -0.3 is 15.7 Å². The standard InChI is InChI=1S/C14H19ClN2O3/c1-16-13(18)7-6-12(14(19)20)17-9-8-10-4-2-3-5-11(10)15/h2-5,12,17H,6-9H2,1H3,(H,16,18)(H,19,20)/t12-/m0/s1. The van der Waals surface area contributed by atoms with Gasteiger partial charge in [-0.2, -0.15) is 0 Å². The quantitative estimate of drug-likeness (QED) is 0.679. The van der Waals surface area contributed by atoms with Gasteiger partial charge in [-0.05, 0) is 24.5 Å². The summed E-state index contributed by atoms with van der Waals surface area (Å²) in [6.07, 6.45) is 1.09. The second kappa shape index (κ2) is 8.55. The Labute approximate surface area is 123 Å². The van der Waals surface area contributed by atoms with Crippen molar-refractivity contribution in [3.8, 4) is 0 Å². The Hall–Kier alpha value is -1.59. The van der Waals surface area contributed by atoms with E-state index in [1.807, 2.05) is 18.2 Å². The second-order valence-corrected chi connectivity index (χ2v) is 4.81. The Morgan fingerprint density at radius 2 is 2.05 bits per heavy atom. The Bertz CT molecular complexity index is 465. The lowest BCUT2D eigenvalue weighted by Crippen LogP contribution is -2.38. The number of amides is 1. The molecule has 5 nitrogen and oxygen atoms in total. The summed E-state index contributed by atoms with van der Waals surface area (Å²) in [7, 11) is 1.53. The Kier molecular flexibility index (Phi) is 7.04. The predicted octanol–water partition coefficient (Wildman–Crippen LogP) is 1.45. The van der Waals surface area contributed by atoms with Crippen LogP contribution in [-0.4, -0.2) is 36.6 Å². The van der Waals surface area contributed by atoms with Gasteiger partial charge in [-0.15, -0.1) is 0 Å². The summed E-state index contributed by atoms with van der Waals surface area (Å²) >= 11 is 6.03. The van der Waals surface area contributed by atoms with E-state index in [4.69, 9.17) is 16.7 Å². The smallest absolute Gasteiger partial charge is 0.320 e. The molecule has 20 heavy (non-hydrogen) atoms. The minimum absolute atomic E-state index is 0.163. The van der Waals surface area contributed by atoms with Crippen LogP contribution in [-0.2, 0) is 16.0 Å². The molecule has 0 radical (unpaired) electrons. The number of halogens is 1. The van der Waals surface area contributed by atoms with Crippen molar-refractivity contribution < 1.29 is 14.7 Å². The van der Waals surface area contributed by atoms with E-state index in [9.17, 15) is 9.59 Å². The molecule has 0 spiro atoms. The van der Waals surface area contributed by atoms with Crippen molar-refractivity contribution in [2.45, 2.75) is 25.3 Å². The van der Waals surface area contributed by atoms with Crippen molar-refractivity contribution in [2.24, 2.45) is 0 Å². The maximum absolute atomic E-state index is 11.1. The van der Waals surface area contributed by atoms with Crippen molar-refractivity contribution >= 4 is 23.5 Å². The summed E-state index contributed by atoms with van der Waals surface area (Å²) < 4.78 is 0. The monoisotopic (exact) mass is 298 g/mol. The molecule has 3 N–H and O–H groups in total. The average molecular weight is 299 g/mol. The first-order chi connectivity index (χ1) is 9.54. The molecule has 6 heteroatoms. The molecule has 1 aromatic carbocycles. The van der Waals surface area contributed by atoms with E-state index in [1.165, 1.54) is 7.05 Å². The van der Waals surface area contributed by atoms with E-state index in [0.717, 1.165) is 5.56 Å². The molecule has 0 saturated heterocycles. The number of aliphatic carboxylic acids is 1. The van der Waals surface area contributed by atoms with E-state index >= 15 is 0 Å². The number of nitrogens with one attached hydrogen (secondary N) is 2. The van der Waals surface area contributed by atoms with Gasteiger partial charge in [0.25, 0.3) is 0 Å². The van der Waals surface area contributed by atoms with Crippen molar-refractivity contribution in [1.82, 2.24) is 10.6 Å². The minimum Gasteiger partial charge on any atom is -0.480 e. The summed E-state index contributed by atoms with van der Waals surface area (Å²) in [5.41, 5.74) is 0.970. The molecule has 0 aliphatic heterocycles. The predicted molar refractivity (Wildman–Crippen MR) is 77.9 cm³/mol. The first-order valence-electron chi connectivity index (χ1n) is 6.44. The van der Waals surface area contributed by atoms with Crippen LogP contribution >= 0.6 is 11.6 Å². The number of rotatable bonds is 8. The second-order valence-electron chi connectivity index (χ2n) is 4.40. The summed E-state index contributed by atoms with van der Waals surface area (Å²) in [6.45, 7) is 0.494. The zero-order chi connectivity index (χ0) is 15.0. The fraction of sp³-hybridized carbons (Fsp3) is 0.429. The lowest BCUT2D eigenvalue weighted by atomic mass is 10.1. The SMILES string of the molecule is CNC(=O)CC[C@H](NCCc1ccccc1Cl)C(=O)O. The largest absolute Gasteiger partial charge is 0.480 e. The van der Waals surface area contributed by atoms with Crippen molar-refractivity contribution in [3.63, 3.8) is 0 Å². The molecule has 1 aromatic rings. The minimum atomic E-state index is -0.951. The molecule has 0 fully saturated rings. The van der Waals surface area contributed by atoms with E-state index in [1.54, 1.807) is 6.07 Å². The maximum Gasteiger partial charge on any atom is 0.320 e. The van der Waals surface area contributed by atoms with Gasteiger partial charge in [-0.1, -0.05) is 29.8 Å². The summed E-state index contributed by atoms with van der Waals surface area (Å²) in [4.78, 5) is 22.2. The highest BCUT2D eigenvalue weighted by atomic mass is 35.5. The molecule has 1 amide bonds. The molecule has 110 valence electrons. The fourth-order valence-corrected chi connectivity index (χ4v) is 2.03. The third kappa shape index (κ3) is 5.59. The van der Waals surface area contributed by atoms with E-state index < -0.39 is 12.0 Å². The molecule has 0 unspecified atom stereocenters. The van der Waals surface area contributed by atoms with Crippen molar-refractivity contribution in [2.75, 3.05) is 13.6 Å².